The van der Waals surface area contributed by atoms with Crippen molar-refractivity contribution in [2.24, 2.45) is 5.10 Å². The Morgan fingerprint density at radius 2 is 1.62 bits per heavy atom. The van der Waals surface area contributed by atoms with Crippen LogP contribution >= 0.6 is 11.8 Å². The summed E-state index contributed by atoms with van der Waals surface area (Å²) in [7, 11) is 6.27. The van der Waals surface area contributed by atoms with E-state index in [2.05, 4.69) is 20.7 Å². The van der Waals surface area contributed by atoms with Crippen LogP contribution in [0.3, 0.4) is 0 Å². The highest BCUT2D eigenvalue weighted by Gasteiger charge is 2.21. The smallest absolute Gasteiger partial charge is 0.250 e. The maximum Gasteiger partial charge on any atom is 0.250 e. The molecule has 1 amide bonds. The number of aromatic nitrogens is 3. The Labute approximate surface area is 231 Å². The summed E-state index contributed by atoms with van der Waals surface area (Å²) < 4.78 is 23.6. The van der Waals surface area contributed by atoms with Gasteiger partial charge in [0.25, 0.3) is 5.91 Å². The fourth-order valence-corrected chi connectivity index (χ4v) is 4.54. The molecule has 0 bridgehead atoms. The van der Waals surface area contributed by atoms with E-state index in [0.29, 0.717) is 45.3 Å². The number of benzene rings is 3. The zero-order valence-electron chi connectivity index (χ0n) is 22.3. The van der Waals surface area contributed by atoms with Crippen LogP contribution in [0.2, 0.25) is 0 Å². The first-order chi connectivity index (χ1) is 19.0. The van der Waals surface area contributed by atoms with Gasteiger partial charge in [0.05, 0.1) is 39.9 Å². The number of hydrazone groups is 1. The van der Waals surface area contributed by atoms with Crippen molar-refractivity contribution >= 4 is 23.4 Å². The van der Waals surface area contributed by atoms with Gasteiger partial charge in [0.1, 0.15) is 5.75 Å². The molecular formula is C28H29N5O5S. The van der Waals surface area contributed by atoms with Gasteiger partial charge in [-0.05, 0) is 43.3 Å². The number of thioether (sulfide) groups is 1. The lowest BCUT2D eigenvalue weighted by Crippen LogP contribution is -2.21. The zero-order valence-corrected chi connectivity index (χ0v) is 23.1. The molecular weight excluding hydrogens is 518 g/mol. The quantitative estimate of drug-likeness (QED) is 0.165. The van der Waals surface area contributed by atoms with Gasteiger partial charge in [-0.1, -0.05) is 42.1 Å². The van der Waals surface area contributed by atoms with Gasteiger partial charge in [-0.15, -0.1) is 10.2 Å². The molecule has 11 heteroatoms. The summed E-state index contributed by atoms with van der Waals surface area (Å²) in [6.07, 6.45) is 0. The van der Waals surface area contributed by atoms with Crippen LogP contribution in [0.1, 0.15) is 12.5 Å². The Kier molecular flexibility index (Phi) is 9.06. The lowest BCUT2D eigenvalue weighted by atomic mass is 10.1. The predicted octanol–water partition coefficient (Wildman–Crippen LogP) is 4.60. The van der Waals surface area contributed by atoms with Crippen LogP contribution < -0.4 is 24.4 Å². The Hall–Kier alpha value is -4.51. The fraction of sp³-hybridized carbons (Fsp3) is 0.214. The second-order valence-corrected chi connectivity index (χ2v) is 9.09. The predicted molar refractivity (Wildman–Crippen MR) is 151 cm³/mol. The molecule has 0 fully saturated rings. The summed E-state index contributed by atoms with van der Waals surface area (Å²) >= 11 is 1.25. The van der Waals surface area contributed by atoms with Crippen molar-refractivity contribution in [2.75, 3.05) is 34.2 Å². The molecule has 39 heavy (non-hydrogen) atoms. The molecule has 0 aliphatic rings. The third-order valence-electron chi connectivity index (χ3n) is 5.74. The number of hydrogen-bond acceptors (Lipinski definition) is 9. The van der Waals surface area contributed by atoms with Crippen molar-refractivity contribution in [2.45, 2.75) is 12.1 Å². The van der Waals surface area contributed by atoms with Gasteiger partial charge in [0.2, 0.25) is 5.75 Å². The second kappa shape index (κ2) is 12.8. The van der Waals surface area contributed by atoms with Crippen molar-refractivity contribution in [1.29, 1.82) is 0 Å². The lowest BCUT2D eigenvalue weighted by Gasteiger charge is -2.15. The number of carbonyl (C=O) groups excluding carboxylic acids is 1. The Morgan fingerprint density at radius 3 is 2.26 bits per heavy atom. The van der Waals surface area contributed by atoms with Gasteiger partial charge in [-0.2, -0.15) is 5.10 Å². The summed E-state index contributed by atoms with van der Waals surface area (Å²) in [6, 6.07) is 20.7. The van der Waals surface area contributed by atoms with Crippen LogP contribution in [0.5, 0.6) is 23.0 Å². The summed E-state index contributed by atoms with van der Waals surface area (Å²) in [4.78, 5) is 12.7. The van der Waals surface area contributed by atoms with Crippen LogP contribution in [-0.2, 0) is 4.79 Å². The van der Waals surface area contributed by atoms with Crippen LogP contribution in [0, 0.1) is 0 Å². The molecule has 0 aliphatic heterocycles. The number of methoxy groups -OCH3 is 4. The van der Waals surface area contributed by atoms with E-state index in [1.807, 2.05) is 78.2 Å². The maximum atomic E-state index is 12.7. The molecule has 4 aromatic rings. The lowest BCUT2D eigenvalue weighted by molar-refractivity contribution is -0.118. The molecule has 1 N–H and O–H groups in total. The molecule has 202 valence electrons. The van der Waals surface area contributed by atoms with Crippen molar-refractivity contribution in [3.63, 3.8) is 0 Å². The zero-order chi connectivity index (χ0) is 27.8. The third-order valence-corrected chi connectivity index (χ3v) is 6.67. The van der Waals surface area contributed by atoms with E-state index in [9.17, 15) is 4.79 Å². The summed E-state index contributed by atoms with van der Waals surface area (Å²) in [6.45, 7) is 1.82. The SMILES string of the molecule is COc1cccc(/C(C)=N\NC(=O)CSc2nnc(-c3cc(OC)c(OC)c(OC)c3)n2-c2ccccc2)c1. The number of carbonyl (C=O) groups is 1. The number of rotatable bonds is 11. The van der Waals surface area contributed by atoms with Crippen molar-refractivity contribution < 1.29 is 23.7 Å². The van der Waals surface area contributed by atoms with Gasteiger partial charge >= 0.3 is 0 Å². The molecule has 0 saturated heterocycles. The first kappa shape index (κ1) is 27.5. The Balaban J connectivity index is 1.59. The summed E-state index contributed by atoms with van der Waals surface area (Å²) in [5.41, 5.74) is 5.66. The molecule has 0 atom stereocenters. The molecule has 0 spiro atoms. The van der Waals surface area contributed by atoms with Crippen LogP contribution in [0.25, 0.3) is 17.1 Å². The molecule has 1 heterocycles. The summed E-state index contributed by atoms with van der Waals surface area (Å²) in [5, 5.41) is 13.6. The molecule has 0 saturated carbocycles. The highest BCUT2D eigenvalue weighted by Crippen LogP contribution is 2.41. The van der Waals surface area contributed by atoms with E-state index in [-0.39, 0.29) is 11.7 Å². The first-order valence-electron chi connectivity index (χ1n) is 11.9. The second-order valence-electron chi connectivity index (χ2n) is 8.14. The molecule has 10 nitrogen and oxygen atoms in total. The van der Waals surface area contributed by atoms with Crippen LogP contribution in [0.15, 0.2) is 77.0 Å². The van der Waals surface area contributed by atoms with Gasteiger partial charge in [0.15, 0.2) is 22.5 Å². The minimum atomic E-state index is -0.279. The highest BCUT2D eigenvalue weighted by molar-refractivity contribution is 7.99. The minimum absolute atomic E-state index is 0.0785. The van der Waals surface area contributed by atoms with E-state index >= 15 is 0 Å². The molecule has 0 radical (unpaired) electrons. The Bertz CT molecular complexity index is 1450. The molecule has 1 aromatic heterocycles. The molecule has 3 aromatic carbocycles. The maximum absolute atomic E-state index is 12.7. The number of hydrogen-bond donors (Lipinski definition) is 1. The van der Waals surface area contributed by atoms with E-state index < -0.39 is 0 Å². The largest absolute Gasteiger partial charge is 0.497 e. The van der Waals surface area contributed by atoms with E-state index in [0.717, 1.165) is 11.3 Å². The fourth-order valence-electron chi connectivity index (χ4n) is 3.79. The van der Waals surface area contributed by atoms with Gasteiger partial charge in [-0.3, -0.25) is 9.36 Å². The van der Waals surface area contributed by atoms with E-state index in [1.54, 1.807) is 28.4 Å². The molecule has 4 rings (SSSR count). The highest BCUT2D eigenvalue weighted by atomic mass is 32.2. The Morgan fingerprint density at radius 1 is 0.897 bits per heavy atom. The number of nitrogens with zero attached hydrogens (tertiary/aromatic N) is 4. The number of nitrogens with one attached hydrogen (secondary N) is 1. The normalized spacial score (nSPS) is 11.2. The average molecular weight is 548 g/mol. The minimum Gasteiger partial charge on any atom is -0.497 e. The van der Waals surface area contributed by atoms with Gasteiger partial charge < -0.3 is 18.9 Å². The van der Waals surface area contributed by atoms with E-state index in [4.69, 9.17) is 18.9 Å². The van der Waals surface area contributed by atoms with E-state index in [1.165, 1.54) is 11.8 Å². The standard InChI is InChI=1S/C28H29N5O5S/c1-18(19-10-9-13-22(14-19)35-2)29-30-25(34)17-39-28-32-31-27(33(28)21-11-7-6-8-12-21)20-15-23(36-3)26(38-5)24(16-20)37-4/h6-16H,17H2,1-5H3,(H,30,34)/b29-18-. The van der Waals surface area contributed by atoms with Crippen molar-refractivity contribution in [3.05, 3.63) is 72.3 Å². The average Bonchev–Trinajstić information content (AvgIpc) is 3.42. The van der Waals surface area contributed by atoms with Crippen molar-refractivity contribution in [1.82, 2.24) is 20.2 Å². The first-order valence-corrected chi connectivity index (χ1v) is 12.9. The van der Waals surface area contributed by atoms with Gasteiger partial charge in [-0.25, -0.2) is 5.43 Å². The molecule has 0 aliphatic carbocycles. The number of amides is 1. The molecule has 0 unspecified atom stereocenters. The van der Waals surface area contributed by atoms with Crippen molar-refractivity contribution in [3.8, 4) is 40.1 Å². The number of para-hydroxylation sites is 1. The number of ether oxygens (including phenoxy) is 4. The van der Waals surface area contributed by atoms with Gasteiger partial charge in [0, 0.05) is 16.8 Å². The van der Waals surface area contributed by atoms with Crippen LogP contribution in [-0.4, -0.2) is 60.6 Å². The summed E-state index contributed by atoms with van der Waals surface area (Å²) in [5.74, 6) is 2.53. The third kappa shape index (κ3) is 6.32. The van der Waals surface area contributed by atoms with Crippen LogP contribution in [0.4, 0.5) is 0 Å². The topological polar surface area (TPSA) is 109 Å². The monoisotopic (exact) mass is 547 g/mol.